The number of thiazole rings is 1. The van der Waals surface area contributed by atoms with Crippen LogP contribution in [0, 0.1) is 6.92 Å². The molecule has 0 fully saturated rings. The second-order valence-corrected chi connectivity index (χ2v) is 5.67. The maximum Gasteiger partial charge on any atom is 0.341 e. The van der Waals surface area contributed by atoms with E-state index in [9.17, 15) is 4.79 Å². The summed E-state index contributed by atoms with van der Waals surface area (Å²) in [6, 6.07) is 0.119. The molecule has 0 bridgehead atoms. The third kappa shape index (κ3) is 3.68. The minimum Gasteiger partial charge on any atom is -0.462 e. The lowest BCUT2D eigenvalue weighted by molar-refractivity contribution is 0.0524. The van der Waals surface area contributed by atoms with Gasteiger partial charge in [0.15, 0.2) is 0 Å². The van der Waals surface area contributed by atoms with Gasteiger partial charge in [-0.05, 0) is 20.8 Å². The quantitative estimate of drug-likeness (QED) is 0.829. The van der Waals surface area contributed by atoms with Crippen LogP contribution in [0.2, 0.25) is 0 Å². The number of rotatable bonds is 6. The molecule has 2 heterocycles. The third-order valence-electron chi connectivity index (χ3n) is 3.14. The van der Waals surface area contributed by atoms with Crippen molar-refractivity contribution >= 4 is 17.3 Å². The summed E-state index contributed by atoms with van der Waals surface area (Å²) in [4.78, 5) is 16.3. The van der Waals surface area contributed by atoms with Crippen LogP contribution in [0.15, 0.2) is 11.6 Å². The van der Waals surface area contributed by atoms with Crippen LogP contribution in [0.4, 0.5) is 0 Å². The molecule has 1 unspecified atom stereocenters. The summed E-state index contributed by atoms with van der Waals surface area (Å²) in [6.07, 6.45) is 1.55. The Labute approximate surface area is 128 Å². The van der Waals surface area contributed by atoms with Crippen LogP contribution in [-0.2, 0) is 18.3 Å². The standard InChI is InChI=1S/C14H20N4O2S/c1-5-20-14(19)11-6-16-18(4)12(11)7-15-10(3)13-17-9(2)8-21-13/h6,8,10,15H,5,7H2,1-4H3. The molecule has 1 N–H and O–H groups in total. The Hall–Kier alpha value is -1.73. The normalized spacial score (nSPS) is 12.4. The monoisotopic (exact) mass is 308 g/mol. The summed E-state index contributed by atoms with van der Waals surface area (Å²) < 4.78 is 6.74. The largest absolute Gasteiger partial charge is 0.462 e. The van der Waals surface area contributed by atoms with Gasteiger partial charge >= 0.3 is 5.97 Å². The number of carbonyl (C=O) groups excluding carboxylic acids is 1. The molecule has 1 atom stereocenters. The molecule has 0 aromatic carbocycles. The zero-order chi connectivity index (χ0) is 15.4. The first kappa shape index (κ1) is 15.7. The number of hydrogen-bond acceptors (Lipinski definition) is 6. The van der Waals surface area contributed by atoms with Crippen molar-refractivity contribution in [2.24, 2.45) is 7.05 Å². The van der Waals surface area contributed by atoms with E-state index >= 15 is 0 Å². The van der Waals surface area contributed by atoms with E-state index < -0.39 is 0 Å². The first-order valence-electron chi connectivity index (χ1n) is 6.86. The molecule has 2 aromatic heterocycles. The first-order chi connectivity index (χ1) is 10.0. The van der Waals surface area contributed by atoms with Gasteiger partial charge in [0.05, 0.1) is 24.5 Å². The zero-order valence-corrected chi connectivity index (χ0v) is 13.5. The molecule has 0 saturated carbocycles. The van der Waals surface area contributed by atoms with Crippen molar-refractivity contribution in [3.63, 3.8) is 0 Å². The van der Waals surface area contributed by atoms with Gasteiger partial charge in [0.25, 0.3) is 0 Å². The van der Waals surface area contributed by atoms with Gasteiger partial charge in [-0.3, -0.25) is 4.68 Å². The van der Waals surface area contributed by atoms with Crippen molar-refractivity contribution in [3.05, 3.63) is 33.5 Å². The highest BCUT2D eigenvalue weighted by molar-refractivity contribution is 7.09. The maximum atomic E-state index is 11.9. The summed E-state index contributed by atoms with van der Waals surface area (Å²) in [7, 11) is 1.82. The second kappa shape index (κ2) is 6.82. The number of carbonyl (C=O) groups is 1. The van der Waals surface area contributed by atoms with E-state index in [2.05, 4.69) is 22.3 Å². The Morgan fingerprint density at radius 2 is 2.33 bits per heavy atom. The van der Waals surface area contributed by atoms with Gasteiger partial charge in [0.2, 0.25) is 0 Å². The predicted molar refractivity (Wildman–Crippen MR) is 81.3 cm³/mol. The Kier molecular flexibility index (Phi) is 5.08. The summed E-state index contributed by atoms with van der Waals surface area (Å²) in [5, 5.41) is 10.6. The summed E-state index contributed by atoms with van der Waals surface area (Å²) >= 11 is 1.63. The predicted octanol–water partition coefficient (Wildman–Crippen LogP) is 2.21. The van der Waals surface area contributed by atoms with Crippen LogP contribution in [0.3, 0.4) is 0 Å². The summed E-state index contributed by atoms with van der Waals surface area (Å²) in [5.74, 6) is -0.333. The average molecular weight is 308 g/mol. The lowest BCUT2D eigenvalue weighted by atomic mass is 10.2. The van der Waals surface area contributed by atoms with Crippen LogP contribution in [0.25, 0.3) is 0 Å². The molecule has 0 spiro atoms. The van der Waals surface area contributed by atoms with Gasteiger partial charge in [-0.25, -0.2) is 9.78 Å². The zero-order valence-electron chi connectivity index (χ0n) is 12.7. The van der Waals surface area contributed by atoms with Crippen molar-refractivity contribution in [3.8, 4) is 0 Å². The number of nitrogens with one attached hydrogen (secondary N) is 1. The number of ether oxygens (including phenoxy) is 1. The highest BCUT2D eigenvalue weighted by Gasteiger charge is 2.18. The molecule has 0 radical (unpaired) electrons. The van der Waals surface area contributed by atoms with Crippen LogP contribution < -0.4 is 5.32 Å². The molecular weight excluding hydrogens is 288 g/mol. The van der Waals surface area contributed by atoms with Crippen LogP contribution in [0.1, 0.15) is 46.6 Å². The fourth-order valence-corrected chi connectivity index (χ4v) is 2.79. The Balaban J connectivity index is 2.06. The Morgan fingerprint density at radius 3 is 2.95 bits per heavy atom. The molecule has 2 aromatic rings. The number of hydrogen-bond donors (Lipinski definition) is 1. The van der Waals surface area contributed by atoms with Gasteiger partial charge in [-0.2, -0.15) is 5.10 Å². The third-order valence-corrected chi connectivity index (χ3v) is 4.29. The van der Waals surface area contributed by atoms with Gasteiger partial charge in [-0.1, -0.05) is 0 Å². The maximum absolute atomic E-state index is 11.9. The Bertz CT molecular complexity index is 620. The van der Waals surface area contributed by atoms with E-state index in [-0.39, 0.29) is 12.0 Å². The molecule has 2 rings (SSSR count). The molecule has 0 aliphatic rings. The molecule has 0 saturated heterocycles. The molecule has 0 aliphatic carbocycles. The minimum atomic E-state index is -0.333. The number of nitrogens with zero attached hydrogens (tertiary/aromatic N) is 3. The topological polar surface area (TPSA) is 69.0 Å². The highest BCUT2D eigenvalue weighted by Crippen LogP contribution is 2.18. The number of aryl methyl sites for hydroxylation is 2. The number of esters is 1. The van der Waals surface area contributed by atoms with E-state index in [1.165, 1.54) is 0 Å². The summed E-state index contributed by atoms with van der Waals surface area (Å²) in [5.41, 5.74) is 2.35. The van der Waals surface area contributed by atoms with Crippen molar-refractivity contribution in [2.45, 2.75) is 33.4 Å². The highest BCUT2D eigenvalue weighted by atomic mass is 32.1. The average Bonchev–Trinajstić information content (AvgIpc) is 3.03. The molecule has 7 heteroatoms. The Morgan fingerprint density at radius 1 is 1.57 bits per heavy atom. The van der Waals surface area contributed by atoms with Crippen molar-refractivity contribution < 1.29 is 9.53 Å². The van der Waals surface area contributed by atoms with Crippen LogP contribution in [0.5, 0.6) is 0 Å². The van der Waals surface area contributed by atoms with Crippen molar-refractivity contribution in [2.75, 3.05) is 6.61 Å². The lowest BCUT2D eigenvalue weighted by Gasteiger charge is -2.12. The van der Waals surface area contributed by atoms with Crippen molar-refractivity contribution in [1.82, 2.24) is 20.1 Å². The molecule has 114 valence electrons. The first-order valence-corrected chi connectivity index (χ1v) is 7.74. The molecule has 0 aliphatic heterocycles. The van der Waals surface area contributed by atoms with E-state index in [0.717, 1.165) is 16.4 Å². The van der Waals surface area contributed by atoms with Crippen molar-refractivity contribution in [1.29, 1.82) is 0 Å². The smallest absolute Gasteiger partial charge is 0.341 e. The van der Waals surface area contributed by atoms with E-state index in [0.29, 0.717) is 18.7 Å². The van der Waals surface area contributed by atoms with E-state index in [4.69, 9.17) is 4.74 Å². The molecular formula is C14H20N4O2S. The van der Waals surface area contributed by atoms with E-state index in [1.54, 1.807) is 29.1 Å². The van der Waals surface area contributed by atoms with Gasteiger partial charge in [0.1, 0.15) is 10.6 Å². The minimum absolute atomic E-state index is 0.119. The fraction of sp³-hybridized carbons (Fsp3) is 0.500. The molecule has 0 amide bonds. The van der Waals surface area contributed by atoms with E-state index in [1.807, 2.05) is 19.4 Å². The van der Waals surface area contributed by atoms with Gasteiger partial charge in [0, 0.05) is 24.7 Å². The van der Waals surface area contributed by atoms with Gasteiger partial charge < -0.3 is 10.1 Å². The SMILES string of the molecule is CCOC(=O)c1cnn(C)c1CNC(C)c1nc(C)cs1. The van der Waals surface area contributed by atoms with Crippen LogP contribution in [-0.4, -0.2) is 27.3 Å². The lowest BCUT2D eigenvalue weighted by Crippen LogP contribution is -2.21. The summed E-state index contributed by atoms with van der Waals surface area (Å²) in [6.45, 7) is 6.71. The second-order valence-electron chi connectivity index (χ2n) is 4.78. The number of aromatic nitrogens is 3. The molecule has 21 heavy (non-hydrogen) atoms. The van der Waals surface area contributed by atoms with Gasteiger partial charge in [-0.15, -0.1) is 11.3 Å². The molecule has 6 nitrogen and oxygen atoms in total. The fourth-order valence-electron chi connectivity index (χ4n) is 1.96. The van der Waals surface area contributed by atoms with Crippen LogP contribution >= 0.6 is 11.3 Å².